The molecule has 0 spiro atoms. The van der Waals surface area contributed by atoms with Crippen LogP contribution in [-0.2, 0) is 6.54 Å². The van der Waals surface area contributed by atoms with E-state index in [4.69, 9.17) is 0 Å². The zero-order chi connectivity index (χ0) is 13.2. The smallest absolute Gasteiger partial charge is 0.123 e. The Morgan fingerprint density at radius 1 is 1.16 bits per heavy atom. The molecule has 1 unspecified atom stereocenters. The van der Waals surface area contributed by atoms with Crippen LogP contribution in [0.2, 0.25) is 0 Å². The number of nitrogens with zero attached hydrogens (tertiary/aromatic N) is 3. The largest absolute Gasteiger partial charge is 0.382 e. The van der Waals surface area contributed by atoms with Crippen molar-refractivity contribution < 1.29 is 5.11 Å². The van der Waals surface area contributed by atoms with E-state index >= 15 is 0 Å². The van der Waals surface area contributed by atoms with E-state index < -0.39 is 6.10 Å². The van der Waals surface area contributed by atoms with Gasteiger partial charge in [-0.25, -0.2) is 4.98 Å². The van der Waals surface area contributed by atoms with Gasteiger partial charge in [0.05, 0.1) is 18.2 Å². The molecule has 2 heterocycles. The van der Waals surface area contributed by atoms with Gasteiger partial charge in [-0.3, -0.25) is 4.98 Å². The summed E-state index contributed by atoms with van der Waals surface area (Å²) in [6.07, 6.45) is 6.26. The van der Waals surface area contributed by atoms with Gasteiger partial charge >= 0.3 is 0 Å². The summed E-state index contributed by atoms with van der Waals surface area (Å²) >= 11 is 0. The molecular weight excluding hydrogens is 238 g/mol. The van der Waals surface area contributed by atoms with Gasteiger partial charge in [0.1, 0.15) is 6.10 Å². The highest BCUT2D eigenvalue weighted by Crippen LogP contribution is 2.27. The summed E-state index contributed by atoms with van der Waals surface area (Å²) in [4.78, 5) is 8.31. The van der Waals surface area contributed by atoms with Gasteiger partial charge in [0.2, 0.25) is 0 Å². The van der Waals surface area contributed by atoms with Gasteiger partial charge in [0.15, 0.2) is 0 Å². The van der Waals surface area contributed by atoms with Gasteiger partial charge in [0.25, 0.3) is 0 Å². The second kappa shape index (κ2) is 4.82. The fourth-order valence-corrected chi connectivity index (χ4v) is 2.34. The zero-order valence-corrected chi connectivity index (χ0v) is 10.7. The van der Waals surface area contributed by atoms with Crippen LogP contribution in [0, 0.1) is 0 Å². The molecule has 96 valence electrons. The second-order valence-electron chi connectivity index (χ2n) is 4.46. The molecule has 4 heteroatoms. The number of fused-ring (bicyclic) bond motifs is 1. The van der Waals surface area contributed by atoms with Gasteiger partial charge in [-0.1, -0.05) is 24.3 Å². The van der Waals surface area contributed by atoms with Crippen molar-refractivity contribution in [3.05, 3.63) is 60.4 Å². The number of aromatic nitrogens is 3. The van der Waals surface area contributed by atoms with Crippen LogP contribution < -0.4 is 0 Å². The SMILES string of the molecule is CCn1cncc1C(O)c1cncc2ccccc12. The molecule has 0 saturated carbocycles. The first kappa shape index (κ1) is 11.9. The number of rotatable bonds is 3. The Labute approximate surface area is 111 Å². The van der Waals surface area contributed by atoms with Gasteiger partial charge in [-0.2, -0.15) is 0 Å². The predicted octanol–water partition coefficient (Wildman–Crippen LogP) is 2.53. The summed E-state index contributed by atoms with van der Waals surface area (Å²) in [7, 11) is 0. The maximum Gasteiger partial charge on any atom is 0.123 e. The van der Waals surface area contributed by atoms with Crippen molar-refractivity contribution in [2.24, 2.45) is 0 Å². The van der Waals surface area contributed by atoms with Gasteiger partial charge in [-0.05, 0) is 12.3 Å². The Morgan fingerprint density at radius 3 is 2.84 bits per heavy atom. The molecule has 1 N–H and O–H groups in total. The molecule has 19 heavy (non-hydrogen) atoms. The Kier molecular flexibility index (Phi) is 3.01. The van der Waals surface area contributed by atoms with Crippen molar-refractivity contribution in [2.45, 2.75) is 19.6 Å². The lowest BCUT2D eigenvalue weighted by Crippen LogP contribution is -2.08. The maximum absolute atomic E-state index is 10.6. The lowest BCUT2D eigenvalue weighted by atomic mass is 10.0. The Morgan fingerprint density at radius 2 is 2.00 bits per heavy atom. The maximum atomic E-state index is 10.6. The quantitative estimate of drug-likeness (QED) is 0.780. The number of aliphatic hydroxyl groups is 1. The van der Waals surface area contributed by atoms with E-state index in [0.29, 0.717) is 0 Å². The Bertz CT molecular complexity index is 700. The monoisotopic (exact) mass is 253 g/mol. The summed E-state index contributed by atoms with van der Waals surface area (Å²) in [6.45, 7) is 2.81. The van der Waals surface area contributed by atoms with Crippen LogP contribution in [-0.4, -0.2) is 19.6 Å². The third-order valence-corrected chi connectivity index (χ3v) is 3.36. The highest BCUT2D eigenvalue weighted by molar-refractivity contribution is 5.85. The van der Waals surface area contributed by atoms with E-state index in [0.717, 1.165) is 28.6 Å². The number of hydrogen-bond donors (Lipinski definition) is 1. The molecule has 0 bridgehead atoms. The molecule has 0 radical (unpaired) electrons. The lowest BCUT2D eigenvalue weighted by Gasteiger charge is -2.14. The molecular formula is C15H15N3O. The average molecular weight is 253 g/mol. The van der Waals surface area contributed by atoms with E-state index in [2.05, 4.69) is 9.97 Å². The molecule has 0 fully saturated rings. The highest BCUT2D eigenvalue weighted by atomic mass is 16.3. The van der Waals surface area contributed by atoms with Crippen molar-refractivity contribution in [1.82, 2.24) is 14.5 Å². The summed E-state index contributed by atoms with van der Waals surface area (Å²) in [5.74, 6) is 0. The highest BCUT2D eigenvalue weighted by Gasteiger charge is 2.17. The van der Waals surface area contributed by atoms with Crippen LogP contribution in [0.1, 0.15) is 24.3 Å². The lowest BCUT2D eigenvalue weighted by molar-refractivity contribution is 0.211. The van der Waals surface area contributed by atoms with E-state index in [9.17, 15) is 5.11 Å². The van der Waals surface area contributed by atoms with Gasteiger partial charge < -0.3 is 9.67 Å². The third kappa shape index (κ3) is 2.00. The number of hydrogen-bond acceptors (Lipinski definition) is 3. The van der Waals surface area contributed by atoms with Gasteiger partial charge in [0, 0.05) is 29.9 Å². The van der Waals surface area contributed by atoms with Crippen molar-refractivity contribution in [1.29, 1.82) is 0 Å². The topological polar surface area (TPSA) is 50.9 Å². The van der Waals surface area contributed by atoms with E-state index in [-0.39, 0.29) is 0 Å². The Hall–Kier alpha value is -2.20. The number of benzene rings is 1. The minimum absolute atomic E-state index is 0.707. The van der Waals surface area contributed by atoms with Crippen molar-refractivity contribution in [3.63, 3.8) is 0 Å². The summed E-state index contributed by atoms with van der Waals surface area (Å²) in [5.41, 5.74) is 1.61. The number of aliphatic hydroxyl groups excluding tert-OH is 1. The van der Waals surface area contributed by atoms with Crippen LogP contribution >= 0.6 is 0 Å². The summed E-state index contributed by atoms with van der Waals surface area (Å²) in [6, 6.07) is 7.93. The molecule has 0 amide bonds. The number of pyridine rings is 1. The first-order chi connectivity index (χ1) is 9.31. The fraction of sp³-hybridized carbons (Fsp3) is 0.200. The molecule has 3 aromatic rings. The molecule has 1 aromatic carbocycles. The van der Waals surface area contributed by atoms with E-state index in [1.54, 1.807) is 18.7 Å². The molecule has 0 saturated heterocycles. The first-order valence-electron chi connectivity index (χ1n) is 6.32. The van der Waals surface area contributed by atoms with Crippen LogP contribution in [0.5, 0.6) is 0 Å². The normalized spacial score (nSPS) is 12.7. The first-order valence-corrected chi connectivity index (χ1v) is 6.32. The summed E-state index contributed by atoms with van der Waals surface area (Å²) < 4.78 is 1.94. The van der Waals surface area contributed by atoms with Crippen molar-refractivity contribution in [3.8, 4) is 0 Å². The van der Waals surface area contributed by atoms with Gasteiger partial charge in [-0.15, -0.1) is 0 Å². The summed E-state index contributed by atoms with van der Waals surface area (Å²) in [5, 5.41) is 12.6. The van der Waals surface area contributed by atoms with Crippen LogP contribution in [0.25, 0.3) is 10.8 Å². The third-order valence-electron chi connectivity index (χ3n) is 3.36. The van der Waals surface area contributed by atoms with Crippen molar-refractivity contribution in [2.75, 3.05) is 0 Å². The van der Waals surface area contributed by atoms with E-state index in [1.165, 1.54) is 0 Å². The molecule has 3 rings (SSSR count). The number of aryl methyl sites for hydroxylation is 1. The van der Waals surface area contributed by atoms with Crippen molar-refractivity contribution >= 4 is 10.8 Å². The second-order valence-corrected chi connectivity index (χ2v) is 4.46. The average Bonchev–Trinajstić information content (AvgIpc) is 2.94. The molecule has 2 aromatic heterocycles. The van der Waals surface area contributed by atoms with Crippen LogP contribution in [0.15, 0.2) is 49.2 Å². The van der Waals surface area contributed by atoms with Crippen LogP contribution in [0.3, 0.4) is 0 Å². The fourth-order valence-electron chi connectivity index (χ4n) is 2.34. The minimum atomic E-state index is -0.707. The molecule has 1 atom stereocenters. The minimum Gasteiger partial charge on any atom is -0.382 e. The van der Waals surface area contributed by atoms with Crippen LogP contribution in [0.4, 0.5) is 0 Å². The molecule has 0 aliphatic carbocycles. The molecule has 0 aliphatic rings. The predicted molar refractivity (Wildman–Crippen MR) is 73.7 cm³/mol. The standard InChI is InChI=1S/C15H15N3O/c1-2-18-10-17-9-14(18)15(19)13-8-16-7-11-5-3-4-6-12(11)13/h3-10,15,19H,2H2,1H3. The Balaban J connectivity index is 2.14. The van der Waals surface area contributed by atoms with E-state index in [1.807, 2.05) is 42.0 Å². The number of imidazole rings is 1. The zero-order valence-electron chi connectivity index (χ0n) is 10.7. The molecule has 0 aliphatic heterocycles. The molecule has 4 nitrogen and oxygen atoms in total.